The summed E-state index contributed by atoms with van der Waals surface area (Å²) in [6.45, 7) is 2.78. The Morgan fingerprint density at radius 3 is 2.42 bits per heavy atom. The van der Waals surface area contributed by atoms with Gasteiger partial charge in [-0.1, -0.05) is 23.2 Å². The number of carbonyl (C=O) groups is 3. The Bertz CT molecular complexity index is 1100. The first-order valence-corrected chi connectivity index (χ1v) is 10.6. The SMILES string of the molecule is CC(C)(C(=O)NCc1cc(Cl)c(C2CCC(=O)NC2=O)c(Cl)c1)c1nccc(C(F)(F)F)n1. The Hall–Kier alpha value is -2.72. The van der Waals surface area contributed by atoms with Crippen molar-refractivity contribution in [2.45, 2.75) is 50.7 Å². The average Bonchev–Trinajstić information content (AvgIpc) is 2.72. The van der Waals surface area contributed by atoms with Crippen LogP contribution >= 0.6 is 23.2 Å². The fraction of sp³-hybridized carbons (Fsp3) is 0.381. The first-order chi connectivity index (χ1) is 15.3. The van der Waals surface area contributed by atoms with Crippen molar-refractivity contribution in [2.75, 3.05) is 0 Å². The van der Waals surface area contributed by atoms with Crippen molar-refractivity contribution in [1.82, 2.24) is 20.6 Å². The molecule has 1 unspecified atom stereocenters. The Morgan fingerprint density at radius 1 is 1.21 bits per heavy atom. The number of benzene rings is 1. The number of alkyl halides is 3. The van der Waals surface area contributed by atoms with E-state index in [4.69, 9.17) is 23.2 Å². The van der Waals surface area contributed by atoms with Gasteiger partial charge in [-0.2, -0.15) is 13.2 Å². The zero-order valence-electron chi connectivity index (χ0n) is 17.5. The lowest BCUT2D eigenvalue weighted by Gasteiger charge is -2.24. The largest absolute Gasteiger partial charge is 0.433 e. The van der Waals surface area contributed by atoms with Crippen LogP contribution in [0.5, 0.6) is 0 Å². The number of piperidine rings is 1. The highest BCUT2D eigenvalue weighted by molar-refractivity contribution is 6.36. The summed E-state index contributed by atoms with van der Waals surface area (Å²) >= 11 is 12.7. The zero-order chi connectivity index (χ0) is 24.6. The van der Waals surface area contributed by atoms with E-state index in [2.05, 4.69) is 20.6 Å². The topological polar surface area (TPSA) is 101 Å². The van der Waals surface area contributed by atoms with Gasteiger partial charge in [0, 0.05) is 34.8 Å². The van der Waals surface area contributed by atoms with E-state index in [1.165, 1.54) is 26.0 Å². The average molecular weight is 503 g/mol. The number of carbonyl (C=O) groups excluding carboxylic acids is 3. The molecular weight excluding hydrogens is 484 g/mol. The molecule has 1 saturated heterocycles. The van der Waals surface area contributed by atoms with Crippen LogP contribution in [0.1, 0.15) is 55.3 Å². The van der Waals surface area contributed by atoms with E-state index < -0.39 is 35.0 Å². The second kappa shape index (κ2) is 9.26. The first kappa shape index (κ1) is 24.9. The molecule has 12 heteroatoms. The highest BCUT2D eigenvalue weighted by Crippen LogP contribution is 2.37. The van der Waals surface area contributed by atoms with Crippen molar-refractivity contribution < 1.29 is 27.6 Å². The molecule has 1 aliphatic rings. The van der Waals surface area contributed by atoms with Crippen LogP contribution in [0.2, 0.25) is 10.0 Å². The summed E-state index contributed by atoms with van der Waals surface area (Å²) in [4.78, 5) is 43.6. The highest BCUT2D eigenvalue weighted by atomic mass is 35.5. The number of amides is 3. The van der Waals surface area contributed by atoms with E-state index in [0.717, 1.165) is 12.3 Å². The van der Waals surface area contributed by atoms with Crippen molar-refractivity contribution in [3.05, 3.63) is 57.1 Å². The maximum atomic E-state index is 13.0. The van der Waals surface area contributed by atoms with E-state index in [-0.39, 0.29) is 41.2 Å². The molecule has 1 aromatic carbocycles. The summed E-state index contributed by atoms with van der Waals surface area (Å²) in [5, 5.41) is 5.26. The fourth-order valence-electron chi connectivity index (χ4n) is 3.36. The normalized spacial score (nSPS) is 17.0. The van der Waals surface area contributed by atoms with Crippen LogP contribution < -0.4 is 10.6 Å². The number of nitrogens with zero attached hydrogens (tertiary/aromatic N) is 2. The van der Waals surface area contributed by atoms with Crippen LogP contribution in [-0.4, -0.2) is 27.7 Å². The lowest BCUT2D eigenvalue weighted by molar-refractivity contribution is -0.142. The van der Waals surface area contributed by atoms with Gasteiger partial charge < -0.3 is 5.32 Å². The number of nitrogens with one attached hydrogen (secondary N) is 2. The van der Waals surface area contributed by atoms with Crippen molar-refractivity contribution in [3.8, 4) is 0 Å². The van der Waals surface area contributed by atoms with Crippen molar-refractivity contribution >= 4 is 40.9 Å². The molecule has 3 rings (SSSR count). The van der Waals surface area contributed by atoms with Crippen LogP contribution in [0.3, 0.4) is 0 Å². The monoisotopic (exact) mass is 502 g/mol. The molecule has 0 spiro atoms. The van der Waals surface area contributed by atoms with Crippen LogP contribution in [-0.2, 0) is 32.5 Å². The number of hydrogen-bond acceptors (Lipinski definition) is 5. The molecule has 1 fully saturated rings. The summed E-state index contributed by atoms with van der Waals surface area (Å²) < 4.78 is 38.9. The summed E-state index contributed by atoms with van der Waals surface area (Å²) in [6, 6.07) is 3.78. The van der Waals surface area contributed by atoms with Crippen LogP contribution in [0.15, 0.2) is 24.4 Å². The maximum absolute atomic E-state index is 13.0. The van der Waals surface area contributed by atoms with Crippen LogP contribution in [0, 0.1) is 0 Å². The molecule has 7 nitrogen and oxygen atoms in total. The molecular formula is C21H19Cl2F3N4O3. The van der Waals surface area contributed by atoms with Gasteiger partial charge in [0.25, 0.3) is 0 Å². The third-order valence-corrected chi connectivity index (χ3v) is 5.88. The Labute approximate surface area is 197 Å². The minimum Gasteiger partial charge on any atom is -0.351 e. The molecule has 1 aliphatic heterocycles. The minimum absolute atomic E-state index is 0.0315. The van der Waals surface area contributed by atoms with Gasteiger partial charge in [0.2, 0.25) is 17.7 Å². The lowest BCUT2D eigenvalue weighted by Crippen LogP contribution is -2.41. The van der Waals surface area contributed by atoms with E-state index >= 15 is 0 Å². The molecule has 2 aromatic rings. The zero-order valence-corrected chi connectivity index (χ0v) is 19.0. The van der Waals surface area contributed by atoms with E-state index in [1.54, 1.807) is 0 Å². The van der Waals surface area contributed by atoms with E-state index in [1.807, 2.05) is 0 Å². The molecule has 0 radical (unpaired) electrons. The number of halogens is 5. The van der Waals surface area contributed by atoms with Gasteiger partial charge in [0.15, 0.2) is 0 Å². The van der Waals surface area contributed by atoms with Gasteiger partial charge in [-0.05, 0) is 44.0 Å². The van der Waals surface area contributed by atoms with Gasteiger partial charge in [0.05, 0.1) is 5.92 Å². The molecule has 33 heavy (non-hydrogen) atoms. The molecule has 0 bridgehead atoms. The van der Waals surface area contributed by atoms with E-state index in [9.17, 15) is 27.6 Å². The number of rotatable bonds is 5. The van der Waals surface area contributed by atoms with Crippen molar-refractivity contribution in [2.24, 2.45) is 0 Å². The molecule has 2 N–H and O–H groups in total. The van der Waals surface area contributed by atoms with Gasteiger partial charge in [-0.3, -0.25) is 19.7 Å². The van der Waals surface area contributed by atoms with Crippen LogP contribution in [0.4, 0.5) is 13.2 Å². The van der Waals surface area contributed by atoms with Gasteiger partial charge in [-0.15, -0.1) is 0 Å². The Morgan fingerprint density at radius 2 is 1.85 bits per heavy atom. The predicted octanol–water partition coefficient (Wildman–Crippen LogP) is 3.92. The second-order valence-corrected chi connectivity index (χ2v) is 8.86. The summed E-state index contributed by atoms with van der Waals surface area (Å²) in [6.07, 6.45) is -3.28. The number of aromatic nitrogens is 2. The third kappa shape index (κ3) is 5.44. The van der Waals surface area contributed by atoms with Crippen molar-refractivity contribution in [1.29, 1.82) is 0 Å². The molecule has 0 saturated carbocycles. The summed E-state index contributed by atoms with van der Waals surface area (Å²) in [5.74, 6) is -2.42. The minimum atomic E-state index is -4.66. The van der Waals surface area contributed by atoms with E-state index in [0.29, 0.717) is 11.1 Å². The lowest BCUT2D eigenvalue weighted by atomic mass is 9.89. The first-order valence-electron chi connectivity index (χ1n) is 9.81. The molecule has 1 atom stereocenters. The Balaban J connectivity index is 1.75. The van der Waals surface area contributed by atoms with Gasteiger partial charge >= 0.3 is 6.18 Å². The quantitative estimate of drug-likeness (QED) is 0.603. The highest BCUT2D eigenvalue weighted by Gasteiger charge is 2.38. The smallest absolute Gasteiger partial charge is 0.351 e. The second-order valence-electron chi connectivity index (χ2n) is 8.05. The molecule has 0 aliphatic carbocycles. The maximum Gasteiger partial charge on any atom is 0.433 e. The Kier molecular flexibility index (Phi) is 6.99. The number of hydrogen-bond donors (Lipinski definition) is 2. The molecule has 1 aromatic heterocycles. The fourth-order valence-corrected chi connectivity index (χ4v) is 4.16. The molecule has 2 heterocycles. The standard InChI is InChI=1S/C21H19Cl2F3N4O3/c1-20(2,18-27-6-5-14(29-18)21(24,25)26)19(33)28-9-10-7-12(22)16(13(23)8-10)11-3-4-15(31)30-17(11)32/h5-8,11H,3-4,9H2,1-2H3,(H,28,33)(H,30,31,32). The summed E-state index contributed by atoms with van der Waals surface area (Å²) in [7, 11) is 0. The van der Waals surface area contributed by atoms with Gasteiger partial charge in [-0.25, -0.2) is 9.97 Å². The van der Waals surface area contributed by atoms with Crippen molar-refractivity contribution in [3.63, 3.8) is 0 Å². The van der Waals surface area contributed by atoms with Crippen LogP contribution in [0.25, 0.3) is 0 Å². The molecule has 3 amide bonds. The summed E-state index contributed by atoms with van der Waals surface area (Å²) in [5.41, 5.74) is -1.70. The predicted molar refractivity (Wildman–Crippen MR) is 113 cm³/mol. The van der Waals surface area contributed by atoms with Gasteiger partial charge in [0.1, 0.15) is 16.9 Å². The third-order valence-electron chi connectivity index (χ3n) is 5.25. The molecule has 176 valence electrons. The number of imide groups is 1.